The summed E-state index contributed by atoms with van der Waals surface area (Å²) < 4.78 is 5.60. The Kier molecular flexibility index (Phi) is 4.19. The molecule has 0 saturated carbocycles. The van der Waals surface area contributed by atoms with Crippen LogP contribution in [-0.2, 0) is 11.3 Å². The van der Waals surface area contributed by atoms with Crippen LogP contribution in [0.2, 0.25) is 0 Å². The SMILES string of the molecule is Cc1nc([C@H]2COCCN2Cc2ccc(C)s2)cc(=O)[nH]1. The molecule has 0 spiro atoms. The van der Waals surface area contributed by atoms with Crippen LogP contribution in [0.4, 0.5) is 0 Å². The number of hydrogen-bond acceptors (Lipinski definition) is 5. The molecule has 1 N–H and O–H groups in total. The second kappa shape index (κ2) is 6.09. The van der Waals surface area contributed by atoms with Crippen molar-refractivity contribution < 1.29 is 4.74 Å². The minimum atomic E-state index is -0.102. The van der Waals surface area contributed by atoms with E-state index in [4.69, 9.17) is 4.74 Å². The minimum Gasteiger partial charge on any atom is -0.378 e. The first-order valence-electron chi connectivity index (χ1n) is 7.07. The lowest BCUT2D eigenvalue weighted by atomic mass is 10.1. The van der Waals surface area contributed by atoms with Crippen molar-refractivity contribution in [3.8, 4) is 0 Å². The molecule has 0 radical (unpaired) electrons. The summed E-state index contributed by atoms with van der Waals surface area (Å²) in [6, 6.07) is 5.94. The summed E-state index contributed by atoms with van der Waals surface area (Å²) in [4.78, 5) is 23.8. The normalized spacial score (nSPS) is 19.8. The molecule has 1 aliphatic heterocycles. The first-order valence-corrected chi connectivity index (χ1v) is 7.88. The Labute approximate surface area is 127 Å². The first kappa shape index (κ1) is 14.4. The van der Waals surface area contributed by atoms with Gasteiger partial charge in [0.1, 0.15) is 5.82 Å². The van der Waals surface area contributed by atoms with Gasteiger partial charge in [-0.15, -0.1) is 11.3 Å². The van der Waals surface area contributed by atoms with Crippen molar-refractivity contribution in [3.05, 3.63) is 49.8 Å². The molecule has 0 aromatic carbocycles. The molecule has 0 amide bonds. The highest BCUT2D eigenvalue weighted by Gasteiger charge is 2.26. The lowest BCUT2D eigenvalue weighted by Crippen LogP contribution is -2.39. The number of aromatic nitrogens is 2. The van der Waals surface area contributed by atoms with Crippen LogP contribution < -0.4 is 5.56 Å². The number of H-pyrrole nitrogens is 1. The molecule has 1 fully saturated rings. The lowest BCUT2D eigenvalue weighted by Gasteiger charge is -2.34. The quantitative estimate of drug-likeness (QED) is 0.942. The fourth-order valence-electron chi connectivity index (χ4n) is 2.64. The third-order valence-electron chi connectivity index (χ3n) is 3.62. The maximum Gasteiger partial charge on any atom is 0.251 e. The van der Waals surface area contributed by atoms with Crippen LogP contribution in [0.25, 0.3) is 0 Å². The standard InChI is InChI=1S/C15H19N3O2S/c1-10-3-4-12(21-10)8-18-5-6-20-9-14(18)13-7-15(19)17-11(2)16-13/h3-4,7,14H,5-6,8-9H2,1-2H3,(H,16,17,19)/t14-/m1/s1. The van der Waals surface area contributed by atoms with Crippen LogP contribution in [0, 0.1) is 13.8 Å². The van der Waals surface area contributed by atoms with Gasteiger partial charge in [0, 0.05) is 28.9 Å². The second-order valence-electron chi connectivity index (χ2n) is 5.33. The van der Waals surface area contributed by atoms with Gasteiger partial charge in [0.25, 0.3) is 5.56 Å². The van der Waals surface area contributed by atoms with Crippen LogP contribution in [0.1, 0.15) is 27.3 Å². The van der Waals surface area contributed by atoms with E-state index in [2.05, 4.69) is 33.9 Å². The minimum absolute atomic E-state index is 0.0437. The first-order chi connectivity index (χ1) is 10.1. The predicted molar refractivity (Wildman–Crippen MR) is 82.6 cm³/mol. The molecule has 3 heterocycles. The Morgan fingerprint density at radius 2 is 2.33 bits per heavy atom. The highest BCUT2D eigenvalue weighted by atomic mass is 32.1. The monoisotopic (exact) mass is 305 g/mol. The maximum atomic E-state index is 11.7. The van der Waals surface area contributed by atoms with Crippen LogP contribution in [-0.4, -0.2) is 34.6 Å². The molecule has 112 valence electrons. The van der Waals surface area contributed by atoms with E-state index in [1.807, 2.05) is 18.3 Å². The van der Waals surface area contributed by atoms with E-state index in [1.165, 1.54) is 9.75 Å². The van der Waals surface area contributed by atoms with Crippen LogP contribution in [0.15, 0.2) is 23.0 Å². The summed E-state index contributed by atoms with van der Waals surface area (Å²) >= 11 is 1.81. The molecule has 2 aromatic heterocycles. The van der Waals surface area contributed by atoms with Gasteiger partial charge in [-0.3, -0.25) is 9.69 Å². The van der Waals surface area contributed by atoms with Gasteiger partial charge in [-0.25, -0.2) is 4.98 Å². The molecule has 2 aromatic rings. The van der Waals surface area contributed by atoms with Crippen LogP contribution >= 0.6 is 11.3 Å². The van der Waals surface area contributed by atoms with Gasteiger partial charge < -0.3 is 9.72 Å². The van der Waals surface area contributed by atoms with Gasteiger partial charge in [0.2, 0.25) is 0 Å². The lowest BCUT2D eigenvalue weighted by molar-refractivity contribution is -0.0139. The summed E-state index contributed by atoms with van der Waals surface area (Å²) in [6.45, 7) is 6.96. The predicted octanol–water partition coefficient (Wildman–Crippen LogP) is 2.02. The molecule has 21 heavy (non-hydrogen) atoms. The fraction of sp³-hybridized carbons (Fsp3) is 0.467. The van der Waals surface area contributed by atoms with Crippen molar-refractivity contribution in [1.29, 1.82) is 0 Å². The molecule has 0 bridgehead atoms. The molecule has 0 unspecified atom stereocenters. The van der Waals surface area contributed by atoms with Crippen molar-refractivity contribution >= 4 is 11.3 Å². The van der Waals surface area contributed by atoms with E-state index in [0.717, 1.165) is 25.4 Å². The fourth-order valence-corrected chi connectivity index (χ4v) is 3.56. The highest BCUT2D eigenvalue weighted by molar-refractivity contribution is 7.11. The zero-order valence-electron chi connectivity index (χ0n) is 12.3. The summed E-state index contributed by atoms with van der Waals surface area (Å²) in [6.07, 6.45) is 0. The summed E-state index contributed by atoms with van der Waals surface area (Å²) in [7, 11) is 0. The molecular weight excluding hydrogens is 286 g/mol. The van der Waals surface area contributed by atoms with Gasteiger partial charge in [-0.2, -0.15) is 0 Å². The second-order valence-corrected chi connectivity index (χ2v) is 6.70. The molecule has 5 nitrogen and oxygen atoms in total. The van der Waals surface area contributed by atoms with Crippen LogP contribution in [0.3, 0.4) is 0 Å². The topological polar surface area (TPSA) is 58.2 Å². The van der Waals surface area contributed by atoms with E-state index >= 15 is 0 Å². The van der Waals surface area contributed by atoms with E-state index in [0.29, 0.717) is 12.4 Å². The molecule has 3 rings (SSSR count). The molecule has 1 saturated heterocycles. The average Bonchev–Trinajstić information content (AvgIpc) is 2.83. The number of aryl methyl sites for hydroxylation is 2. The van der Waals surface area contributed by atoms with Gasteiger partial charge in [-0.1, -0.05) is 0 Å². The Hall–Kier alpha value is -1.50. The van der Waals surface area contributed by atoms with E-state index in [1.54, 1.807) is 6.07 Å². The third-order valence-corrected chi connectivity index (χ3v) is 4.60. The Morgan fingerprint density at radius 1 is 1.48 bits per heavy atom. The third kappa shape index (κ3) is 3.40. The average molecular weight is 305 g/mol. The molecule has 1 aliphatic rings. The summed E-state index contributed by atoms with van der Waals surface area (Å²) in [5.74, 6) is 0.648. The number of aromatic amines is 1. The Morgan fingerprint density at radius 3 is 3.05 bits per heavy atom. The number of ether oxygens (including phenoxy) is 1. The largest absolute Gasteiger partial charge is 0.378 e. The van der Waals surface area contributed by atoms with Crippen molar-refractivity contribution in [2.24, 2.45) is 0 Å². The number of hydrogen-bond donors (Lipinski definition) is 1. The summed E-state index contributed by atoms with van der Waals surface area (Å²) in [5.41, 5.74) is 0.694. The van der Waals surface area contributed by atoms with Crippen LogP contribution in [0.5, 0.6) is 0 Å². The molecule has 6 heteroatoms. The number of rotatable bonds is 3. The van der Waals surface area contributed by atoms with Crippen molar-refractivity contribution in [1.82, 2.24) is 14.9 Å². The summed E-state index contributed by atoms with van der Waals surface area (Å²) in [5, 5.41) is 0. The zero-order valence-corrected chi connectivity index (χ0v) is 13.1. The Bertz CT molecular complexity index is 680. The van der Waals surface area contributed by atoms with E-state index in [-0.39, 0.29) is 11.6 Å². The smallest absolute Gasteiger partial charge is 0.251 e. The van der Waals surface area contributed by atoms with Gasteiger partial charge in [0.15, 0.2) is 0 Å². The van der Waals surface area contributed by atoms with Crippen molar-refractivity contribution in [3.63, 3.8) is 0 Å². The number of nitrogens with zero attached hydrogens (tertiary/aromatic N) is 2. The molecule has 1 atom stereocenters. The van der Waals surface area contributed by atoms with Crippen molar-refractivity contribution in [2.75, 3.05) is 19.8 Å². The van der Waals surface area contributed by atoms with E-state index in [9.17, 15) is 4.79 Å². The van der Waals surface area contributed by atoms with Crippen molar-refractivity contribution in [2.45, 2.75) is 26.4 Å². The van der Waals surface area contributed by atoms with Gasteiger partial charge >= 0.3 is 0 Å². The van der Waals surface area contributed by atoms with Gasteiger partial charge in [-0.05, 0) is 26.0 Å². The number of morpholine rings is 1. The zero-order chi connectivity index (χ0) is 14.8. The highest BCUT2D eigenvalue weighted by Crippen LogP contribution is 2.26. The van der Waals surface area contributed by atoms with E-state index < -0.39 is 0 Å². The number of nitrogens with one attached hydrogen (secondary N) is 1. The van der Waals surface area contributed by atoms with Gasteiger partial charge in [0.05, 0.1) is 24.9 Å². The Balaban J connectivity index is 1.85. The molecule has 0 aliphatic carbocycles. The number of thiophene rings is 1. The molecular formula is C15H19N3O2S. The maximum absolute atomic E-state index is 11.7.